The summed E-state index contributed by atoms with van der Waals surface area (Å²) in [6.07, 6.45) is 1.03. The standard InChI is InChI=1S/C23H25FN2O/c1-23(2,19-10-6-7-11-20(19)24)16-25-22(27)15-13-18-12-14-21(26-18)17-8-4-3-5-9-17/h3-12,14,26H,13,15-16H2,1-2H3,(H,25,27). The lowest BCUT2D eigenvalue weighted by molar-refractivity contribution is -0.121. The SMILES string of the molecule is CC(C)(CNC(=O)CCc1ccc(-c2ccccc2)[nH]1)c1ccccc1F. The van der Waals surface area contributed by atoms with E-state index in [-0.39, 0.29) is 11.7 Å². The molecule has 0 radical (unpaired) electrons. The van der Waals surface area contributed by atoms with Crippen LogP contribution in [0.5, 0.6) is 0 Å². The first-order valence-corrected chi connectivity index (χ1v) is 9.21. The van der Waals surface area contributed by atoms with Gasteiger partial charge in [-0.15, -0.1) is 0 Å². The van der Waals surface area contributed by atoms with Crippen LogP contribution in [-0.4, -0.2) is 17.4 Å². The molecule has 1 amide bonds. The summed E-state index contributed by atoms with van der Waals surface area (Å²) in [5, 5.41) is 2.94. The Morgan fingerprint density at radius 3 is 2.44 bits per heavy atom. The Kier molecular flexibility index (Phi) is 5.75. The number of aromatic amines is 1. The summed E-state index contributed by atoms with van der Waals surface area (Å²) in [5.41, 5.74) is 3.35. The van der Waals surface area contributed by atoms with Crippen molar-refractivity contribution in [1.82, 2.24) is 10.3 Å². The summed E-state index contributed by atoms with van der Waals surface area (Å²) in [4.78, 5) is 15.6. The predicted octanol–water partition coefficient (Wildman–Crippen LogP) is 4.85. The summed E-state index contributed by atoms with van der Waals surface area (Å²) in [6.45, 7) is 4.26. The first-order valence-electron chi connectivity index (χ1n) is 9.21. The number of H-pyrrole nitrogens is 1. The van der Waals surface area contributed by atoms with Gasteiger partial charge in [-0.1, -0.05) is 62.4 Å². The zero-order valence-corrected chi connectivity index (χ0v) is 15.8. The zero-order valence-electron chi connectivity index (χ0n) is 15.8. The van der Waals surface area contributed by atoms with Crippen LogP contribution in [0, 0.1) is 5.82 Å². The number of rotatable bonds is 7. The van der Waals surface area contributed by atoms with E-state index >= 15 is 0 Å². The summed E-state index contributed by atoms with van der Waals surface area (Å²) in [6, 6.07) is 20.8. The maximum absolute atomic E-state index is 14.0. The van der Waals surface area contributed by atoms with Crippen molar-refractivity contribution in [2.45, 2.75) is 32.1 Å². The summed E-state index contributed by atoms with van der Waals surface area (Å²) in [5.74, 6) is -0.271. The molecule has 3 rings (SSSR count). The number of carbonyl (C=O) groups is 1. The molecule has 140 valence electrons. The first kappa shape index (κ1) is 18.9. The maximum atomic E-state index is 14.0. The molecular formula is C23H25FN2O. The van der Waals surface area contributed by atoms with E-state index in [0.29, 0.717) is 24.9 Å². The van der Waals surface area contributed by atoms with Crippen LogP contribution in [0.4, 0.5) is 4.39 Å². The van der Waals surface area contributed by atoms with E-state index in [1.807, 2.05) is 62.4 Å². The van der Waals surface area contributed by atoms with Gasteiger partial charge >= 0.3 is 0 Å². The van der Waals surface area contributed by atoms with Gasteiger partial charge in [0, 0.05) is 29.8 Å². The van der Waals surface area contributed by atoms with Crippen molar-refractivity contribution in [2.75, 3.05) is 6.54 Å². The molecule has 0 unspecified atom stereocenters. The van der Waals surface area contributed by atoms with Crippen LogP contribution in [0.25, 0.3) is 11.3 Å². The molecule has 0 spiro atoms. The predicted molar refractivity (Wildman–Crippen MR) is 107 cm³/mol. The van der Waals surface area contributed by atoms with Gasteiger partial charge in [-0.2, -0.15) is 0 Å². The molecule has 0 saturated carbocycles. The van der Waals surface area contributed by atoms with Crippen LogP contribution < -0.4 is 5.32 Å². The third-order valence-electron chi connectivity index (χ3n) is 4.78. The van der Waals surface area contributed by atoms with Crippen molar-refractivity contribution < 1.29 is 9.18 Å². The van der Waals surface area contributed by atoms with Crippen LogP contribution in [0.2, 0.25) is 0 Å². The van der Waals surface area contributed by atoms with Crippen LogP contribution in [0.15, 0.2) is 66.7 Å². The van der Waals surface area contributed by atoms with Crippen molar-refractivity contribution in [3.8, 4) is 11.3 Å². The molecule has 1 aromatic heterocycles. The Labute approximate surface area is 159 Å². The van der Waals surface area contributed by atoms with Gasteiger partial charge in [0.05, 0.1) is 0 Å². The highest BCUT2D eigenvalue weighted by atomic mass is 19.1. The second-order valence-electron chi connectivity index (χ2n) is 7.40. The van der Waals surface area contributed by atoms with Gasteiger partial charge < -0.3 is 10.3 Å². The Morgan fingerprint density at radius 1 is 1.00 bits per heavy atom. The van der Waals surface area contributed by atoms with Gasteiger partial charge in [0.1, 0.15) is 5.82 Å². The minimum Gasteiger partial charge on any atom is -0.358 e. The molecule has 0 bridgehead atoms. The molecule has 1 heterocycles. The van der Waals surface area contributed by atoms with Crippen LogP contribution in [0.3, 0.4) is 0 Å². The number of hydrogen-bond donors (Lipinski definition) is 2. The van der Waals surface area contributed by atoms with Crippen molar-refractivity contribution in [1.29, 1.82) is 0 Å². The molecule has 4 heteroatoms. The fourth-order valence-corrected chi connectivity index (χ4v) is 3.13. The van der Waals surface area contributed by atoms with Gasteiger partial charge in [0.2, 0.25) is 5.91 Å². The third-order valence-corrected chi connectivity index (χ3v) is 4.78. The second kappa shape index (κ2) is 8.21. The third kappa shape index (κ3) is 4.85. The minimum atomic E-state index is -0.464. The van der Waals surface area contributed by atoms with E-state index < -0.39 is 5.41 Å². The quantitative estimate of drug-likeness (QED) is 0.619. The van der Waals surface area contributed by atoms with Crippen LogP contribution in [0.1, 0.15) is 31.5 Å². The molecule has 3 nitrogen and oxygen atoms in total. The highest BCUT2D eigenvalue weighted by Crippen LogP contribution is 2.25. The van der Waals surface area contributed by atoms with Crippen molar-refractivity contribution in [3.63, 3.8) is 0 Å². The fourth-order valence-electron chi connectivity index (χ4n) is 3.13. The van der Waals surface area contributed by atoms with Gasteiger partial charge in [-0.3, -0.25) is 4.79 Å². The Hall–Kier alpha value is -2.88. The topological polar surface area (TPSA) is 44.9 Å². The molecule has 0 saturated heterocycles. The molecule has 0 atom stereocenters. The molecule has 2 N–H and O–H groups in total. The molecule has 2 aromatic carbocycles. The summed E-state index contributed by atoms with van der Waals surface area (Å²) < 4.78 is 14.0. The average molecular weight is 364 g/mol. The lowest BCUT2D eigenvalue weighted by atomic mass is 9.84. The van der Waals surface area contributed by atoms with Crippen LogP contribution >= 0.6 is 0 Å². The first-order chi connectivity index (χ1) is 13.0. The van der Waals surface area contributed by atoms with Crippen molar-refractivity contribution >= 4 is 5.91 Å². The van der Waals surface area contributed by atoms with E-state index in [9.17, 15) is 9.18 Å². The van der Waals surface area contributed by atoms with Crippen molar-refractivity contribution in [3.05, 3.63) is 83.8 Å². The molecule has 27 heavy (non-hydrogen) atoms. The van der Waals surface area contributed by atoms with Gasteiger partial charge in [0.25, 0.3) is 0 Å². The van der Waals surface area contributed by atoms with Gasteiger partial charge in [-0.25, -0.2) is 4.39 Å². The number of amides is 1. The smallest absolute Gasteiger partial charge is 0.220 e. The summed E-state index contributed by atoms with van der Waals surface area (Å²) >= 11 is 0. The van der Waals surface area contributed by atoms with E-state index in [0.717, 1.165) is 17.0 Å². The Balaban J connectivity index is 1.52. The van der Waals surface area contributed by atoms with E-state index in [1.165, 1.54) is 6.07 Å². The van der Waals surface area contributed by atoms with Gasteiger partial charge in [-0.05, 0) is 35.7 Å². The molecular weight excluding hydrogens is 339 g/mol. The lowest BCUT2D eigenvalue weighted by Gasteiger charge is -2.26. The highest BCUT2D eigenvalue weighted by molar-refractivity contribution is 5.76. The molecule has 0 aliphatic rings. The van der Waals surface area contributed by atoms with E-state index in [2.05, 4.69) is 10.3 Å². The maximum Gasteiger partial charge on any atom is 0.220 e. The second-order valence-corrected chi connectivity index (χ2v) is 7.40. The number of aromatic nitrogens is 1. The number of hydrogen-bond acceptors (Lipinski definition) is 1. The minimum absolute atomic E-state index is 0.0322. The molecule has 0 aliphatic heterocycles. The molecule has 0 aliphatic carbocycles. The zero-order chi connectivity index (χ0) is 19.3. The Bertz CT molecular complexity index is 900. The number of halogens is 1. The number of aryl methyl sites for hydroxylation is 1. The highest BCUT2D eigenvalue weighted by Gasteiger charge is 2.24. The number of carbonyl (C=O) groups excluding carboxylic acids is 1. The lowest BCUT2D eigenvalue weighted by Crippen LogP contribution is -2.37. The number of nitrogens with one attached hydrogen (secondary N) is 2. The normalized spacial score (nSPS) is 11.4. The largest absolute Gasteiger partial charge is 0.358 e. The number of benzene rings is 2. The van der Waals surface area contributed by atoms with E-state index in [1.54, 1.807) is 12.1 Å². The van der Waals surface area contributed by atoms with Crippen LogP contribution in [-0.2, 0) is 16.6 Å². The Morgan fingerprint density at radius 2 is 1.70 bits per heavy atom. The molecule has 0 fully saturated rings. The van der Waals surface area contributed by atoms with Crippen molar-refractivity contribution in [2.24, 2.45) is 0 Å². The van der Waals surface area contributed by atoms with Gasteiger partial charge in [0.15, 0.2) is 0 Å². The molecule has 3 aromatic rings. The fraction of sp³-hybridized carbons (Fsp3) is 0.261. The summed E-state index contributed by atoms with van der Waals surface area (Å²) in [7, 11) is 0. The average Bonchev–Trinajstić information content (AvgIpc) is 3.15. The monoisotopic (exact) mass is 364 g/mol. The van der Waals surface area contributed by atoms with E-state index in [4.69, 9.17) is 0 Å².